The zero-order valence-electron chi connectivity index (χ0n) is 16.0. The Kier molecular flexibility index (Phi) is 5.37. The summed E-state index contributed by atoms with van der Waals surface area (Å²) in [6.45, 7) is 3.75. The fourth-order valence-corrected chi connectivity index (χ4v) is 5.64. The van der Waals surface area contributed by atoms with Crippen molar-refractivity contribution < 1.29 is 28.3 Å². The van der Waals surface area contributed by atoms with E-state index in [1.165, 1.54) is 0 Å². The van der Waals surface area contributed by atoms with Crippen LogP contribution < -0.4 is 0 Å². The quantitative estimate of drug-likeness (QED) is 0.598. The average Bonchev–Trinajstić information content (AvgIpc) is 3.31. The first-order valence-corrected chi connectivity index (χ1v) is 11.1. The van der Waals surface area contributed by atoms with Crippen LogP contribution in [0.15, 0.2) is 27.1 Å². The molecule has 2 aliphatic heterocycles. The maximum atomic E-state index is 12.8. The second-order valence-corrected chi connectivity index (χ2v) is 9.56. The Balaban J connectivity index is 1.58. The number of carbonyl (C=O) groups is 3. The van der Waals surface area contributed by atoms with E-state index in [9.17, 15) is 14.4 Å². The third-order valence-electron chi connectivity index (χ3n) is 5.29. The molecule has 29 heavy (non-hydrogen) atoms. The molecule has 2 atom stereocenters. The number of furan rings is 1. The minimum Gasteiger partial charge on any atom is -0.460 e. The first-order valence-electron chi connectivity index (χ1n) is 9.35. The summed E-state index contributed by atoms with van der Waals surface area (Å²) < 4.78 is 17.1. The van der Waals surface area contributed by atoms with Gasteiger partial charge in [-0.15, -0.1) is 11.8 Å². The predicted octanol–water partition coefficient (Wildman–Crippen LogP) is 3.87. The van der Waals surface area contributed by atoms with E-state index in [0.29, 0.717) is 28.7 Å². The van der Waals surface area contributed by atoms with Gasteiger partial charge in [-0.3, -0.25) is 4.79 Å². The highest BCUT2D eigenvalue weighted by Crippen LogP contribution is 2.47. The molecule has 0 bridgehead atoms. The number of benzene rings is 1. The van der Waals surface area contributed by atoms with Crippen LogP contribution in [0.25, 0.3) is 11.0 Å². The van der Waals surface area contributed by atoms with Gasteiger partial charge in [-0.2, -0.15) is 0 Å². The summed E-state index contributed by atoms with van der Waals surface area (Å²) in [5.74, 6) is -0.580. The van der Waals surface area contributed by atoms with E-state index >= 15 is 0 Å². The van der Waals surface area contributed by atoms with Crippen LogP contribution in [0.2, 0.25) is 0 Å². The fourth-order valence-electron chi connectivity index (χ4n) is 3.86. The standard InChI is InChI=1S/C20H20BrNO6S/c1-3-26-19(25)17-13(12-8-11(21)4-5-15(12)28-17)9-27-18(24)14-10-29-20(2)7-6-16(23)22(14)20/h4-5,8,14H,3,6-7,9-10H2,1-2H3/t14-,20-/m1/s1. The number of hydrogen-bond donors (Lipinski definition) is 0. The molecule has 2 aliphatic rings. The average molecular weight is 482 g/mol. The molecule has 0 unspecified atom stereocenters. The van der Waals surface area contributed by atoms with Crippen molar-refractivity contribution >= 4 is 56.5 Å². The van der Waals surface area contributed by atoms with Crippen LogP contribution in [0.5, 0.6) is 0 Å². The number of nitrogens with zero attached hydrogens (tertiary/aromatic N) is 1. The van der Waals surface area contributed by atoms with Crippen molar-refractivity contribution in [3.05, 3.63) is 34.0 Å². The Hall–Kier alpha value is -2.00. The Labute approximate surface area is 180 Å². The SMILES string of the molecule is CCOC(=O)c1oc2ccc(Br)cc2c1COC(=O)[C@H]1CS[C@]2(C)CCC(=O)N12. The molecular formula is C20H20BrNO6S. The van der Waals surface area contributed by atoms with Gasteiger partial charge in [0.1, 0.15) is 18.2 Å². The third-order valence-corrected chi connectivity index (χ3v) is 7.29. The second kappa shape index (κ2) is 7.68. The molecule has 1 aromatic heterocycles. The van der Waals surface area contributed by atoms with E-state index < -0.39 is 18.0 Å². The first-order chi connectivity index (χ1) is 13.8. The highest BCUT2D eigenvalue weighted by molar-refractivity contribution is 9.10. The van der Waals surface area contributed by atoms with Crippen LogP contribution in [0.3, 0.4) is 0 Å². The summed E-state index contributed by atoms with van der Waals surface area (Å²) in [5, 5.41) is 0.665. The van der Waals surface area contributed by atoms with Crippen molar-refractivity contribution in [3.8, 4) is 0 Å². The molecule has 2 fully saturated rings. The highest BCUT2D eigenvalue weighted by Gasteiger charge is 2.53. The van der Waals surface area contributed by atoms with Crippen LogP contribution in [0, 0.1) is 0 Å². The Morgan fingerprint density at radius 3 is 2.93 bits per heavy atom. The summed E-state index contributed by atoms with van der Waals surface area (Å²) in [5.41, 5.74) is 0.954. The van der Waals surface area contributed by atoms with Crippen molar-refractivity contribution in [2.24, 2.45) is 0 Å². The van der Waals surface area contributed by atoms with Gasteiger partial charge in [0.2, 0.25) is 11.7 Å². The summed E-state index contributed by atoms with van der Waals surface area (Å²) in [6.07, 6.45) is 1.17. The molecule has 154 valence electrons. The molecule has 1 amide bonds. The molecule has 2 saturated heterocycles. The van der Waals surface area contributed by atoms with E-state index in [1.807, 2.05) is 6.92 Å². The normalized spacial score (nSPS) is 23.5. The fraction of sp³-hybridized carbons (Fsp3) is 0.450. The number of thioether (sulfide) groups is 1. The molecule has 7 nitrogen and oxygen atoms in total. The molecule has 0 N–H and O–H groups in total. The predicted molar refractivity (Wildman–Crippen MR) is 110 cm³/mol. The monoisotopic (exact) mass is 481 g/mol. The number of esters is 2. The lowest BCUT2D eigenvalue weighted by Crippen LogP contribution is -2.46. The Morgan fingerprint density at radius 1 is 1.38 bits per heavy atom. The molecule has 9 heteroatoms. The van der Waals surface area contributed by atoms with Gasteiger partial charge in [-0.1, -0.05) is 15.9 Å². The van der Waals surface area contributed by atoms with E-state index in [2.05, 4.69) is 15.9 Å². The minimum absolute atomic E-state index is 0.0237. The zero-order valence-corrected chi connectivity index (χ0v) is 18.4. The number of carbonyl (C=O) groups excluding carboxylic acids is 3. The van der Waals surface area contributed by atoms with E-state index in [-0.39, 0.29) is 29.8 Å². The Bertz CT molecular complexity index is 1000. The van der Waals surface area contributed by atoms with Gasteiger partial charge in [-0.05, 0) is 38.5 Å². The van der Waals surface area contributed by atoms with Gasteiger partial charge in [0.15, 0.2) is 0 Å². The molecular weight excluding hydrogens is 462 g/mol. The van der Waals surface area contributed by atoms with Gasteiger partial charge in [0, 0.05) is 22.0 Å². The topological polar surface area (TPSA) is 86.0 Å². The summed E-state index contributed by atoms with van der Waals surface area (Å²) in [4.78, 5) is 38.7. The first kappa shape index (κ1) is 20.3. The molecule has 2 aromatic rings. The molecule has 4 rings (SSSR count). The number of amides is 1. The molecule has 0 saturated carbocycles. The van der Waals surface area contributed by atoms with Gasteiger partial charge in [-0.25, -0.2) is 9.59 Å². The zero-order chi connectivity index (χ0) is 20.8. The van der Waals surface area contributed by atoms with E-state index in [4.69, 9.17) is 13.9 Å². The van der Waals surface area contributed by atoms with Gasteiger partial charge in [0.05, 0.1) is 17.0 Å². The largest absolute Gasteiger partial charge is 0.460 e. The number of ether oxygens (including phenoxy) is 2. The molecule has 0 radical (unpaired) electrons. The molecule has 0 aliphatic carbocycles. The van der Waals surface area contributed by atoms with Crippen molar-refractivity contribution in [3.63, 3.8) is 0 Å². The molecule has 3 heterocycles. The molecule has 1 aromatic carbocycles. The van der Waals surface area contributed by atoms with E-state index in [1.54, 1.807) is 41.8 Å². The van der Waals surface area contributed by atoms with Crippen molar-refractivity contribution in [1.82, 2.24) is 4.90 Å². The number of rotatable bonds is 5. The van der Waals surface area contributed by atoms with Crippen LogP contribution in [-0.2, 0) is 25.7 Å². The third kappa shape index (κ3) is 3.54. The lowest BCUT2D eigenvalue weighted by Gasteiger charge is -2.29. The van der Waals surface area contributed by atoms with Crippen molar-refractivity contribution in [1.29, 1.82) is 0 Å². The highest BCUT2D eigenvalue weighted by atomic mass is 79.9. The van der Waals surface area contributed by atoms with Crippen LogP contribution in [-0.4, -0.2) is 46.0 Å². The van der Waals surface area contributed by atoms with Crippen LogP contribution >= 0.6 is 27.7 Å². The maximum absolute atomic E-state index is 12.8. The smallest absolute Gasteiger partial charge is 0.374 e. The molecule has 0 spiro atoms. The van der Waals surface area contributed by atoms with Gasteiger partial charge < -0.3 is 18.8 Å². The lowest BCUT2D eigenvalue weighted by molar-refractivity contribution is -0.154. The second-order valence-electron chi connectivity index (χ2n) is 7.14. The van der Waals surface area contributed by atoms with Crippen LogP contribution in [0.1, 0.15) is 42.8 Å². The minimum atomic E-state index is -0.615. The number of fused-ring (bicyclic) bond motifs is 2. The number of halogens is 1. The lowest BCUT2D eigenvalue weighted by atomic mass is 10.1. The van der Waals surface area contributed by atoms with Gasteiger partial charge in [0.25, 0.3) is 0 Å². The summed E-state index contributed by atoms with van der Waals surface area (Å²) in [6, 6.07) is 4.72. The van der Waals surface area contributed by atoms with E-state index in [0.717, 1.165) is 10.9 Å². The Morgan fingerprint density at radius 2 is 2.17 bits per heavy atom. The van der Waals surface area contributed by atoms with Gasteiger partial charge >= 0.3 is 11.9 Å². The number of hydrogen-bond acceptors (Lipinski definition) is 7. The maximum Gasteiger partial charge on any atom is 0.374 e. The van der Waals surface area contributed by atoms with Crippen molar-refractivity contribution in [2.75, 3.05) is 12.4 Å². The summed E-state index contributed by atoms with van der Waals surface area (Å²) >= 11 is 5.01. The summed E-state index contributed by atoms with van der Waals surface area (Å²) in [7, 11) is 0. The van der Waals surface area contributed by atoms with Crippen LogP contribution in [0.4, 0.5) is 0 Å². The van der Waals surface area contributed by atoms with Crippen molar-refractivity contribution in [2.45, 2.75) is 44.2 Å².